The Morgan fingerprint density at radius 2 is 2.00 bits per heavy atom. The summed E-state index contributed by atoms with van der Waals surface area (Å²) < 4.78 is 2.03. The number of nitrogens with zero attached hydrogens (tertiary/aromatic N) is 2. The highest BCUT2D eigenvalue weighted by Gasteiger charge is 2.61. The SMILES string of the molecule is C[C@]12CCC(O)CC1=CC[C@@H]1[C@@H]2CC[C@]2(C)C(=O)[C@H](n3ccnc3)C[C@@H]12. The predicted molar refractivity (Wildman–Crippen MR) is 99.4 cm³/mol. The van der Waals surface area contributed by atoms with Crippen molar-refractivity contribution in [2.24, 2.45) is 28.6 Å². The maximum Gasteiger partial charge on any atom is 0.161 e. The molecule has 7 atom stereocenters. The molecule has 0 radical (unpaired) electrons. The summed E-state index contributed by atoms with van der Waals surface area (Å²) >= 11 is 0. The molecule has 0 bridgehead atoms. The van der Waals surface area contributed by atoms with E-state index in [1.165, 1.54) is 5.57 Å². The maximum atomic E-state index is 13.3. The third-order valence-electron chi connectivity index (χ3n) is 8.69. The highest BCUT2D eigenvalue weighted by molar-refractivity contribution is 5.91. The minimum atomic E-state index is -0.175. The summed E-state index contributed by atoms with van der Waals surface area (Å²) in [7, 11) is 0. The number of ketones is 1. The van der Waals surface area contributed by atoms with Gasteiger partial charge in [-0.3, -0.25) is 4.79 Å². The first kappa shape index (κ1) is 16.7. The van der Waals surface area contributed by atoms with Gasteiger partial charge in [0.05, 0.1) is 18.5 Å². The van der Waals surface area contributed by atoms with Crippen LogP contribution >= 0.6 is 0 Å². The van der Waals surface area contributed by atoms with E-state index < -0.39 is 0 Å². The molecule has 0 saturated heterocycles. The summed E-state index contributed by atoms with van der Waals surface area (Å²) in [5.41, 5.74) is 1.56. The van der Waals surface area contributed by atoms with Crippen molar-refractivity contribution in [2.45, 2.75) is 70.9 Å². The fraction of sp³-hybridized carbons (Fsp3) is 0.727. The number of Topliss-reactive ketones (excluding diaryl/α,β-unsaturated/α-hetero) is 1. The molecule has 1 heterocycles. The van der Waals surface area contributed by atoms with Crippen LogP contribution in [0.25, 0.3) is 0 Å². The first-order valence-electron chi connectivity index (χ1n) is 10.3. The lowest BCUT2D eigenvalue weighted by molar-refractivity contribution is -0.133. The number of carbonyl (C=O) groups is 1. The van der Waals surface area contributed by atoms with E-state index in [4.69, 9.17) is 0 Å². The Morgan fingerprint density at radius 3 is 2.77 bits per heavy atom. The van der Waals surface area contributed by atoms with Gasteiger partial charge in [-0.1, -0.05) is 25.5 Å². The summed E-state index contributed by atoms with van der Waals surface area (Å²) in [5.74, 6) is 2.18. The molecule has 4 aliphatic carbocycles. The predicted octanol–water partition coefficient (Wildman–Crippen LogP) is 3.93. The lowest BCUT2D eigenvalue weighted by Crippen LogP contribution is -2.50. The third-order valence-corrected chi connectivity index (χ3v) is 8.69. The molecule has 4 heteroatoms. The van der Waals surface area contributed by atoms with Gasteiger partial charge in [0.2, 0.25) is 0 Å². The van der Waals surface area contributed by atoms with E-state index in [1.54, 1.807) is 6.20 Å². The van der Waals surface area contributed by atoms with Crippen LogP contribution in [-0.2, 0) is 4.79 Å². The molecule has 3 fully saturated rings. The quantitative estimate of drug-likeness (QED) is 0.778. The molecule has 1 N–H and O–H groups in total. The van der Waals surface area contributed by atoms with E-state index in [-0.39, 0.29) is 23.0 Å². The molecular weight excluding hydrogens is 324 g/mol. The van der Waals surface area contributed by atoms with Gasteiger partial charge in [-0.25, -0.2) is 4.98 Å². The van der Waals surface area contributed by atoms with Gasteiger partial charge in [0.1, 0.15) is 0 Å². The highest BCUT2D eigenvalue weighted by Crippen LogP contribution is 2.65. The normalized spacial score (nSPS) is 47.7. The Bertz CT molecular complexity index is 754. The van der Waals surface area contributed by atoms with Crippen molar-refractivity contribution < 1.29 is 9.90 Å². The van der Waals surface area contributed by atoms with E-state index in [9.17, 15) is 9.90 Å². The minimum absolute atomic E-state index is 0.0300. The van der Waals surface area contributed by atoms with Crippen LogP contribution in [0.15, 0.2) is 30.4 Å². The van der Waals surface area contributed by atoms with Crippen LogP contribution in [0.3, 0.4) is 0 Å². The van der Waals surface area contributed by atoms with E-state index >= 15 is 0 Å². The fourth-order valence-corrected chi connectivity index (χ4v) is 7.14. The number of hydrogen-bond donors (Lipinski definition) is 1. The number of allylic oxidation sites excluding steroid dienone is 1. The number of carbonyl (C=O) groups excluding carboxylic acids is 1. The molecule has 1 aromatic heterocycles. The summed E-state index contributed by atoms with van der Waals surface area (Å²) in [4.78, 5) is 17.5. The standard InChI is InChI=1S/C22H30N2O2/c1-21-7-5-15(25)11-14(21)3-4-16-17(21)6-8-22(2)18(16)12-19(20(22)26)24-10-9-23-13-24/h3,9-10,13,15-19,25H,4-8,11-12H2,1-2H3/t15?,16-,17+,18+,19-,21+,22+/m1/s1. The summed E-state index contributed by atoms with van der Waals surface area (Å²) in [6.45, 7) is 4.67. The molecule has 0 spiro atoms. The second-order valence-electron chi connectivity index (χ2n) is 9.74. The van der Waals surface area contributed by atoms with Crippen LogP contribution in [0.4, 0.5) is 0 Å². The summed E-state index contributed by atoms with van der Waals surface area (Å²) in [5, 5.41) is 10.1. The number of fused-ring (bicyclic) bond motifs is 5. The van der Waals surface area contributed by atoms with Crippen LogP contribution < -0.4 is 0 Å². The monoisotopic (exact) mass is 354 g/mol. The van der Waals surface area contributed by atoms with Gasteiger partial charge >= 0.3 is 0 Å². The first-order valence-corrected chi connectivity index (χ1v) is 10.3. The molecule has 3 saturated carbocycles. The van der Waals surface area contributed by atoms with Crippen LogP contribution in [0.2, 0.25) is 0 Å². The number of aliphatic hydroxyl groups is 1. The van der Waals surface area contributed by atoms with Crippen molar-refractivity contribution >= 4 is 5.78 Å². The van der Waals surface area contributed by atoms with E-state index in [0.717, 1.165) is 44.9 Å². The van der Waals surface area contributed by atoms with E-state index in [0.29, 0.717) is 23.5 Å². The number of hydrogen-bond acceptors (Lipinski definition) is 3. The molecule has 4 aliphatic rings. The van der Waals surface area contributed by atoms with Crippen molar-refractivity contribution in [3.05, 3.63) is 30.4 Å². The fourth-order valence-electron chi connectivity index (χ4n) is 7.14. The Labute approximate surface area is 155 Å². The van der Waals surface area contributed by atoms with Gasteiger partial charge in [0.25, 0.3) is 0 Å². The van der Waals surface area contributed by atoms with Gasteiger partial charge in [-0.15, -0.1) is 0 Å². The zero-order valence-electron chi connectivity index (χ0n) is 15.9. The second kappa shape index (κ2) is 5.54. The van der Waals surface area contributed by atoms with Gasteiger partial charge in [-0.05, 0) is 68.1 Å². The Kier molecular flexibility index (Phi) is 3.57. The number of imidazole rings is 1. The van der Waals surface area contributed by atoms with E-state index in [2.05, 4.69) is 24.9 Å². The average Bonchev–Trinajstić information content (AvgIpc) is 3.23. The number of rotatable bonds is 1. The molecule has 4 nitrogen and oxygen atoms in total. The first-order chi connectivity index (χ1) is 12.4. The lowest BCUT2D eigenvalue weighted by atomic mass is 9.48. The zero-order valence-corrected chi connectivity index (χ0v) is 15.9. The van der Waals surface area contributed by atoms with Crippen molar-refractivity contribution in [1.82, 2.24) is 9.55 Å². The molecule has 1 unspecified atom stereocenters. The second-order valence-corrected chi connectivity index (χ2v) is 9.74. The van der Waals surface area contributed by atoms with Gasteiger partial charge in [-0.2, -0.15) is 0 Å². The molecule has 0 aliphatic heterocycles. The largest absolute Gasteiger partial charge is 0.393 e. The van der Waals surface area contributed by atoms with Crippen molar-refractivity contribution in [1.29, 1.82) is 0 Å². The Balaban J connectivity index is 1.50. The van der Waals surface area contributed by atoms with E-state index in [1.807, 2.05) is 17.1 Å². The average molecular weight is 354 g/mol. The Hall–Kier alpha value is -1.42. The molecule has 0 amide bonds. The molecule has 26 heavy (non-hydrogen) atoms. The van der Waals surface area contributed by atoms with Gasteiger partial charge < -0.3 is 9.67 Å². The van der Waals surface area contributed by atoms with Crippen molar-refractivity contribution in [3.63, 3.8) is 0 Å². The topological polar surface area (TPSA) is 55.1 Å². The molecule has 140 valence electrons. The smallest absolute Gasteiger partial charge is 0.161 e. The van der Waals surface area contributed by atoms with Crippen LogP contribution in [0.1, 0.15) is 64.8 Å². The minimum Gasteiger partial charge on any atom is -0.393 e. The maximum absolute atomic E-state index is 13.3. The summed E-state index contributed by atoms with van der Waals surface area (Å²) in [6.07, 6.45) is 14.9. The summed E-state index contributed by atoms with van der Waals surface area (Å²) in [6, 6.07) is -0.0300. The van der Waals surface area contributed by atoms with Crippen molar-refractivity contribution in [2.75, 3.05) is 0 Å². The molecule has 5 rings (SSSR count). The Morgan fingerprint density at radius 1 is 1.19 bits per heavy atom. The molecule has 0 aromatic carbocycles. The molecular formula is C22H30N2O2. The highest BCUT2D eigenvalue weighted by atomic mass is 16.3. The van der Waals surface area contributed by atoms with Crippen LogP contribution in [-0.4, -0.2) is 26.5 Å². The van der Waals surface area contributed by atoms with Crippen LogP contribution in [0, 0.1) is 28.6 Å². The number of aliphatic hydroxyl groups excluding tert-OH is 1. The third kappa shape index (κ3) is 2.11. The van der Waals surface area contributed by atoms with Gasteiger partial charge in [0.15, 0.2) is 5.78 Å². The zero-order chi connectivity index (χ0) is 18.1. The number of aromatic nitrogens is 2. The molecule has 1 aromatic rings. The van der Waals surface area contributed by atoms with Crippen LogP contribution in [0.5, 0.6) is 0 Å². The lowest BCUT2D eigenvalue weighted by Gasteiger charge is -2.56. The van der Waals surface area contributed by atoms with Crippen molar-refractivity contribution in [3.8, 4) is 0 Å². The van der Waals surface area contributed by atoms with Gasteiger partial charge in [0, 0.05) is 17.8 Å².